The highest BCUT2D eigenvalue weighted by molar-refractivity contribution is 7.23. The van der Waals surface area contributed by atoms with E-state index in [0.29, 0.717) is 65.2 Å². The average Bonchev–Trinajstić information content (AvgIpc) is 4.04. The van der Waals surface area contributed by atoms with Gasteiger partial charge in [0.05, 0.1) is 40.2 Å². The molecule has 14 nitrogen and oxygen atoms in total. The number of nitrogens with one attached hydrogen (secondary N) is 5. The number of carbonyl (C=O) groups is 3. The number of rotatable bonds is 16. The molecule has 6 aromatic rings. The molecule has 3 amide bonds. The Kier molecular flexibility index (Phi) is 16.7. The Balaban J connectivity index is 0.000000198. The summed E-state index contributed by atoms with van der Waals surface area (Å²) in [6.07, 6.45) is 2.12. The third kappa shape index (κ3) is 12.8. The van der Waals surface area contributed by atoms with Crippen molar-refractivity contribution in [3.05, 3.63) is 68.4 Å². The molecule has 0 radical (unpaired) electrons. The molecular formula is C47H60N8O6S4. The van der Waals surface area contributed by atoms with E-state index in [4.69, 9.17) is 24.2 Å². The molecule has 6 heterocycles. The number of carbonyl (C=O) groups excluding carboxylic acids is 3. The van der Waals surface area contributed by atoms with Crippen molar-refractivity contribution in [1.82, 2.24) is 30.8 Å². The van der Waals surface area contributed by atoms with Crippen LogP contribution in [0.25, 0.3) is 41.6 Å². The third-order valence-electron chi connectivity index (χ3n) is 10.7. The first-order chi connectivity index (χ1) is 31.3. The molecule has 0 saturated heterocycles. The number of hydrogen-bond donors (Lipinski definition) is 5. The molecule has 4 aromatic heterocycles. The molecule has 2 aliphatic heterocycles. The highest BCUT2D eigenvalue weighted by Gasteiger charge is 2.32. The van der Waals surface area contributed by atoms with Crippen LogP contribution in [0.5, 0.6) is 0 Å². The maximum Gasteiger partial charge on any atom is 0.410 e. The van der Waals surface area contributed by atoms with Gasteiger partial charge in [-0.1, -0.05) is 12.1 Å². The van der Waals surface area contributed by atoms with Gasteiger partial charge in [-0.3, -0.25) is 9.59 Å². The van der Waals surface area contributed by atoms with Gasteiger partial charge in [0.25, 0.3) is 0 Å². The second kappa shape index (κ2) is 22.4. The zero-order chi connectivity index (χ0) is 46.1. The van der Waals surface area contributed by atoms with E-state index in [2.05, 4.69) is 76.8 Å². The fourth-order valence-corrected chi connectivity index (χ4v) is 12.2. The Hall–Kier alpha value is -4.37. The molecule has 65 heavy (non-hydrogen) atoms. The lowest BCUT2D eigenvalue weighted by molar-refractivity contribution is -0.116. The summed E-state index contributed by atoms with van der Waals surface area (Å²) in [6, 6.07) is 12.7. The van der Waals surface area contributed by atoms with E-state index in [1.807, 2.05) is 20.8 Å². The van der Waals surface area contributed by atoms with Crippen molar-refractivity contribution in [2.75, 3.05) is 77.3 Å². The number of benzene rings is 2. The number of thiazole rings is 2. The molecule has 0 saturated carbocycles. The smallest absolute Gasteiger partial charge is 0.410 e. The summed E-state index contributed by atoms with van der Waals surface area (Å²) in [5.41, 5.74) is 8.40. The van der Waals surface area contributed by atoms with Crippen LogP contribution in [0.4, 0.5) is 14.8 Å². The van der Waals surface area contributed by atoms with Gasteiger partial charge >= 0.3 is 6.09 Å². The van der Waals surface area contributed by atoms with Crippen LogP contribution in [0.1, 0.15) is 65.6 Å². The predicted octanol–water partition coefficient (Wildman–Crippen LogP) is 8.73. The number of hydrogen-bond acceptors (Lipinski definition) is 15. The number of nitrogens with zero attached hydrogens (tertiary/aromatic N) is 3. The average molecular weight is 961 g/mol. The second-order valence-corrected chi connectivity index (χ2v) is 21.3. The molecule has 0 bridgehead atoms. The Labute approximate surface area is 396 Å². The second-order valence-electron chi connectivity index (χ2n) is 17.1. The largest absolute Gasteiger partial charge is 0.444 e. The first-order valence-electron chi connectivity index (χ1n) is 22.0. The molecule has 0 spiro atoms. The Morgan fingerprint density at radius 3 is 1.77 bits per heavy atom. The summed E-state index contributed by atoms with van der Waals surface area (Å²) in [4.78, 5) is 52.0. The van der Waals surface area contributed by atoms with Crippen LogP contribution >= 0.6 is 45.3 Å². The molecule has 0 aliphatic carbocycles. The van der Waals surface area contributed by atoms with E-state index in [0.717, 1.165) is 88.9 Å². The van der Waals surface area contributed by atoms with Crippen LogP contribution in [0, 0.1) is 13.8 Å². The summed E-state index contributed by atoms with van der Waals surface area (Å²) >= 11 is 6.54. The van der Waals surface area contributed by atoms with Gasteiger partial charge in [0, 0.05) is 87.2 Å². The van der Waals surface area contributed by atoms with Gasteiger partial charge < -0.3 is 45.7 Å². The third-order valence-corrected chi connectivity index (χ3v) is 15.1. The Morgan fingerprint density at radius 1 is 0.723 bits per heavy atom. The maximum absolute atomic E-state index is 12.8. The van der Waals surface area contributed by atoms with Crippen LogP contribution in [0.2, 0.25) is 0 Å². The molecule has 2 aromatic carbocycles. The molecule has 0 unspecified atom stereocenters. The summed E-state index contributed by atoms with van der Waals surface area (Å²) in [6.45, 7) is 16.5. The van der Waals surface area contributed by atoms with Gasteiger partial charge in [-0.15, -0.1) is 45.3 Å². The molecule has 5 N–H and O–H groups in total. The summed E-state index contributed by atoms with van der Waals surface area (Å²) in [7, 11) is 3.33. The molecular weight excluding hydrogens is 901 g/mol. The fourth-order valence-electron chi connectivity index (χ4n) is 7.52. The van der Waals surface area contributed by atoms with Gasteiger partial charge in [-0.25, -0.2) is 14.8 Å². The first-order valence-corrected chi connectivity index (χ1v) is 25.3. The fraction of sp³-hybridized carbons (Fsp3) is 0.468. The topological polar surface area (TPSA) is 168 Å². The SMILES string of the molecule is COCCNCCC(=O)Nc1sc2c(c1-c1nc3cc(C)ccc3s1)CCN(C(=O)OC(C)(C)C)C2.COCCNCCC(=O)Nc1sc2c(c1-c1nc3cc(C)ccc3s1)CCNC2. The van der Waals surface area contributed by atoms with Crippen LogP contribution < -0.4 is 26.6 Å². The molecule has 0 fully saturated rings. The number of fused-ring (bicyclic) bond motifs is 4. The van der Waals surface area contributed by atoms with E-state index >= 15 is 0 Å². The van der Waals surface area contributed by atoms with Crippen LogP contribution in [-0.4, -0.2) is 105 Å². The van der Waals surface area contributed by atoms with Gasteiger partial charge in [0.1, 0.15) is 25.6 Å². The molecule has 0 atom stereocenters. The quantitative estimate of drug-likeness (QED) is 0.0589. The highest BCUT2D eigenvalue weighted by Crippen LogP contribution is 2.47. The molecule has 348 valence electrons. The maximum atomic E-state index is 12.8. The van der Waals surface area contributed by atoms with Gasteiger partial charge in [-0.2, -0.15) is 0 Å². The minimum Gasteiger partial charge on any atom is -0.444 e. The van der Waals surface area contributed by atoms with Crippen molar-refractivity contribution < 1.29 is 28.6 Å². The van der Waals surface area contributed by atoms with Crippen molar-refractivity contribution in [3.63, 3.8) is 0 Å². The normalized spacial score (nSPS) is 13.6. The number of ether oxygens (including phenoxy) is 3. The van der Waals surface area contributed by atoms with Gasteiger partial charge in [0.2, 0.25) is 11.8 Å². The van der Waals surface area contributed by atoms with Gasteiger partial charge in [-0.05, 0) is 101 Å². The van der Waals surface area contributed by atoms with Crippen molar-refractivity contribution >= 4 is 93.7 Å². The molecule has 8 rings (SSSR count). The first kappa shape index (κ1) is 48.6. The monoisotopic (exact) mass is 960 g/mol. The summed E-state index contributed by atoms with van der Waals surface area (Å²) in [5, 5.41) is 19.8. The number of aryl methyl sites for hydroxylation is 2. The van der Waals surface area contributed by atoms with Crippen molar-refractivity contribution in [3.8, 4) is 21.1 Å². The number of thiophene rings is 2. The molecule has 2 aliphatic rings. The number of methoxy groups -OCH3 is 2. The minimum atomic E-state index is -0.548. The van der Waals surface area contributed by atoms with Crippen LogP contribution in [-0.2, 0) is 49.7 Å². The van der Waals surface area contributed by atoms with Crippen molar-refractivity contribution in [2.24, 2.45) is 0 Å². The summed E-state index contributed by atoms with van der Waals surface area (Å²) < 4.78 is 17.9. The predicted molar refractivity (Wildman–Crippen MR) is 267 cm³/mol. The lowest BCUT2D eigenvalue weighted by atomic mass is 10.0. The van der Waals surface area contributed by atoms with Crippen molar-refractivity contribution in [2.45, 2.75) is 79.0 Å². The van der Waals surface area contributed by atoms with E-state index < -0.39 is 5.60 Å². The number of amides is 3. The zero-order valence-corrected chi connectivity index (χ0v) is 41.6. The van der Waals surface area contributed by atoms with Crippen molar-refractivity contribution in [1.29, 1.82) is 0 Å². The Morgan fingerprint density at radius 2 is 1.25 bits per heavy atom. The van der Waals surface area contributed by atoms with E-state index in [1.165, 1.54) is 32.0 Å². The lowest BCUT2D eigenvalue weighted by Gasteiger charge is -2.30. The standard InChI is InChI=1S/C26H34N4O4S2.C21H26N4O2S2/c1-16-6-7-19-18(14-16)28-23(35-19)22-17-9-12-30(25(32)34-26(2,3)4)15-20(17)36-24(22)29-21(31)8-10-27-11-13-33-5;1-13-3-4-16-15(11-13)24-20(28-16)19-14-5-7-23-12-17(14)29-21(19)25-18(26)6-8-22-9-10-27-2/h6-7,14,27H,8-13,15H2,1-5H3,(H,29,31);3-4,11,22-23H,5-10,12H2,1-2H3,(H,25,26). The van der Waals surface area contributed by atoms with Gasteiger partial charge in [0.15, 0.2) is 0 Å². The van der Waals surface area contributed by atoms with E-state index in [-0.39, 0.29) is 17.9 Å². The van der Waals surface area contributed by atoms with E-state index in [1.54, 1.807) is 53.1 Å². The van der Waals surface area contributed by atoms with E-state index in [9.17, 15) is 14.4 Å². The lowest BCUT2D eigenvalue weighted by Crippen LogP contribution is -2.39. The minimum absolute atomic E-state index is 0.0275. The van der Waals surface area contributed by atoms with Crippen LogP contribution in [0.3, 0.4) is 0 Å². The Bertz CT molecular complexity index is 2610. The van der Waals surface area contributed by atoms with Crippen LogP contribution in [0.15, 0.2) is 36.4 Å². The number of aromatic nitrogens is 2. The summed E-state index contributed by atoms with van der Waals surface area (Å²) in [5.74, 6) is -0.0274. The molecule has 18 heteroatoms. The highest BCUT2D eigenvalue weighted by atomic mass is 32.1. The number of anilines is 2. The zero-order valence-electron chi connectivity index (χ0n) is 38.3.